The summed E-state index contributed by atoms with van der Waals surface area (Å²) in [6.07, 6.45) is 3.82. The normalized spacial score (nSPS) is 18.6. The van der Waals surface area contributed by atoms with E-state index in [-0.39, 0.29) is 6.42 Å². The number of carboxylic acid groups (broad SMARTS) is 1. The van der Waals surface area contributed by atoms with E-state index in [0.29, 0.717) is 12.5 Å². The first-order valence-corrected chi connectivity index (χ1v) is 6.59. The predicted octanol–water partition coefficient (Wildman–Crippen LogP) is 0.657. The van der Waals surface area contributed by atoms with E-state index in [4.69, 9.17) is 5.11 Å². The maximum absolute atomic E-state index is 11.6. The molecule has 0 aromatic heterocycles. The van der Waals surface area contributed by atoms with Crippen molar-refractivity contribution in [1.29, 1.82) is 0 Å². The summed E-state index contributed by atoms with van der Waals surface area (Å²) >= 11 is 0. The van der Waals surface area contributed by atoms with Crippen LogP contribution in [0.25, 0.3) is 0 Å². The summed E-state index contributed by atoms with van der Waals surface area (Å²) in [6, 6.07) is -1.33. The Bertz CT molecular complexity index is 325. The van der Waals surface area contributed by atoms with Crippen LogP contribution in [0.3, 0.4) is 0 Å². The molecule has 0 spiro atoms. The van der Waals surface area contributed by atoms with Gasteiger partial charge in [-0.3, -0.25) is 0 Å². The number of carbonyl (C=O) groups is 2. The van der Waals surface area contributed by atoms with Crippen molar-refractivity contribution in [3.63, 3.8) is 0 Å². The molecular formula is C13H23N3O3. The summed E-state index contributed by atoms with van der Waals surface area (Å²) in [5.74, 6) is -0.570. The lowest BCUT2D eigenvalue weighted by atomic mass is 9.97. The monoisotopic (exact) mass is 269 g/mol. The first-order chi connectivity index (χ1) is 9.02. The van der Waals surface area contributed by atoms with Crippen molar-refractivity contribution in [3.8, 4) is 0 Å². The van der Waals surface area contributed by atoms with Gasteiger partial charge in [0.2, 0.25) is 0 Å². The molecule has 6 heteroatoms. The number of rotatable bonds is 6. The lowest BCUT2D eigenvalue weighted by Gasteiger charge is -2.29. The number of urea groups is 1. The van der Waals surface area contributed by atoms with E-state index in [0.717, 1.165) is 25.9 Å². The molecule has 0 saturated carbocycles. The Balaban J connectivity index is 2.26. The van der Waals surface area contributed by atoms with Gasteiger partial charge in [-0.1, -0.05) is 6.08 Å². The first kappa shape index (κ1) is 15.5. The molecule has 1 atom stereocenters. The molecule has 0 aromatic carbocycles. The minimum atomic E-state index is -1.05. The molecule has 3 N–H and O–H groups in total. The second kappa shape index (κ2) is 7.78. The van der Waals surface area contributed by atoms with Crippen molar-refractivity contribution < 1.29 is 14.7 Å². The standard InChI is InChI=1S/C13H23N3O3/c1-3-4-11(12(17)18)15-13(19)14-9-10-5-7-16(2)8-6-10/h3,10-11H,1,4-9H2,2H3,(H,17,18)(H2,14,15,19). The maximum Gasteiger partial charge on any atom is 0.326 e. The van der Waals surface area contributed by atoms with Crippen LogP contribution in [0.15, 0.2) is 12.7 Å². The molecule has 108 valence electrons. The molecule has 1 rings (SSSR count). The molecule has 2 amide bonds. The molecule has 0 aliphatic carbocycles. The molecule has 0 aromatic rings. The minimum absolute atomic E-state index is 0.219. The predicted molar refractivity (Wildman–Crippen MR) is 73.0 cm³/mol. The van der Waals surface area contributed by atoms with Crippen molar-refractivity contribution in [2.24, 2.45) is 5.92 Å². The zero-order valence-corrected chi connectivity index (χ0v) is 11.4. The highest BCUT2D eigenvalue weighted by Gasteiger charge is 2.20. The first-order valence-electron chi connectivity index (χ1n) is 6.59. The van der Waals surface area contributed by atoms with Crippen LogP contribution in [0.5, 0.6) is 0 Å². The number of amides is 2. The van der Waals surface area contributed by atoms with Gasteiger partial charge in [-0.25, -0.2) is 9.59 Å². The average molecular weight is 269 g/mol. The van der Waals surface area contributed by atoms with E-state index >= 15 is 0 Å². The second-order valence-electron chi connectivity index (χ2n) is 5.02. The third-order valence-corrected chi connectivity index (χ3v) is 3.40. The van der Waals surface area contributed by atoms with E-state index in [2.05, 4.69) is 29.2 Å². The Morgan fingerprint density at radius 1 is 1.47 bits per heavy atom. The van der Waals surface area contributed by atoms with Gasteiger partial charge >= 0.3 is 12.0 Å². The Kier molecular flexibility index (Phi) is 6.35. The fraction of sp³-hybridized carbons (Fsp3) is 0.692. The number of piperidine rings is 1. The van der Waals surface area contributed by atoms with E-state index in [9.17, 15) is 9.59 Å². The molecule has 1 saturated heterocycles. The van der Waals surface area contributed by atoms with Gasteiger partial charge in [0.1, 0.15) is 6.04 Å². The van der Waals surface area contributed by atoms with Gasteiger partial charge in [-0.2, -0.15) is 0 Å². The molecule has 19 heavy (non-hydrogen) atoms. The molecule has 1 heterocycles. The Hall–Kier alpha value is -1.56. The highest BCUT2D eigenvalue weighted by Crippen LogP contribution is 2.14. The van der Waals surface area contributed by atoms with Crippen molar-refractivity contribution in [1.82, 2.24) is 15.5 Å². The highest BCUT2D eigenvalue weighted by molar-refractivity contribution is 5.82. The number of hydrogen-bond donors (Lipinski definition) is 3. The number of aliphatic carboxylic acids is 1. The topological polar surface area (TPSA) is 81.7 Å². The largest absolute Gasteiger partial charge is 0.480 e. The summed E-state index contributed by atoms with van der Waals surface area (Å²) in [5, 5.41) is 14.1. The average Bonchev–Trinajstić information content (AvgIpc) is 2.37. The van der Waals surface area contributed by atoms with E-state index in [1.807, 2.05) is 0 Å². The van der Waals surface area contributed by atoms with Gasteiger partial charge in [0.25, 0.3) is 0 Å². The van der Waals surface area contributed by atoms with Crippen molar-refractivity contribution in [2.45, 2.75) is 25.3 Å². The van der Waals surface area contributed by atoms with Gasteiger partial charge in [-0.05, 0) is 45.3 Å². The number of carboxylic acids is 1. The van der Waals surface area contributed by atoms with Crippen LogP contribution in [0, 0.1) is 5.92 Å². The molecule has 0 radical (unpaired) electrons. The smallest absolute Gasteiger partial charge is 0.326 e. The fourth-order valence-electron chi connectivity index (χ4n) is 2.10. The van der Waals surface area contributed by atoms with Crippen LogP contribution >= 0.6 is 0 Å². The number of hydrogen-bond acceptors (Lipinski definition) is 3. The van der Waals surface area contributed by atoms with E-state index in [1.165, 1.54) is 6.08 Å². The lowest BCUT2D eigenvalue weighted by molar-refractivity contribution is -0.139. The van der Waals surface area contributed by atoms with Gasteiger partial charge in [0.05, 0.1) is 0 Å². The maximum atomic E-state index is 11.6. The summed E-state index contributed by atoms with van der Waals surface area (Å²) in [5.41, 5.74) is 0. The summed E-state index contributed by atoms with van der Waals surface area (Å²) in [4.78, 5) is 24.7. The number of nitrogens with one attached hydrogen (secondary N) is 2. The van der Waals surface area contributed by atoms with Gasteiger partial charge in [0.15, 0.2) is 0 Å². The quantitative estimate of drug-likeness (QED) is 0.619. The summed E-state index contributed by atoms with van der Waals surface area (Å²) in [7, 11) is 2.09. The van der Waals surface area contributed by atoms with Gasteiger partial charge in [-0.15, -0.1) is 6.58 Å². The molecule has 6 nitrogen and oxygen atoms in total. The number of likely N-dealkylation sites (tertiary alicyclic amines) is 1. The lowest BCUT2D eigenvalue weighted by Crippen LogP contribution is -2.47. The van der Waals surface area contributed by atoms with Gasteiger partial charge < -0.3 is 20.6 Å². The second-order valence-corrected chi connectivity index (χ2v) is 5.02. The van der Waals surface area contributed by atoms with Crippen LogP contribution in [0.4, 0.5) is 4.79 Å². The van der Waals surface area contributed by atoms with E-state index < -0.39 is 18.0 Å². The molecule has 1 unspecified atom stereocenters. The Labute approximate surface area is 113 Å². The molecular weight excluding hydrogens is 246 g/mol. The van der Waals surface area contributed by atoms with E-state index in [1.54, 1.807) is 0 Å². The van der Waals surface area contributed by atoms with Crippen LogP contribution in [-0.2, 0) is 4.79 Å². The third-order valence-electron chi connectivity index (χ3n) is 3.40. The molecule has 1 fully saturated rings. The van der Waals surface area contributed by atoms with Gasteiger partial charge in [0, 0.05) is 6.54 Å². The Morgan fingerprint density at radius 2 is 2.11 bits per heavy atom. The Morgan fingerprint density at radius 3 is 2.63 bits per heavy atom. The zero-order valence-electron chi connectivity index (χ0n) is 11.4. The number of carbonyl (C=O) groups excluding carboxylic acids is 1. The highest BCUT2D eigenvalue weighted by atomic mass is 16.4. The van der Waals surface area contributed by atoms with Crippen LogP contribution in [-0.4, -0.2) is 54.7 Å². The van der Waals surface area contributed by atoms with Crippen LogP contribution in [0.1, 0.15) is 19.3 Å². The third kappa shape index (κ3) is 5.74. The SMILES string of the molecule is C=CCC(NC(=O)NCC1CCN(C)CC1)C(=O)O. The summed E-state index contributed by atoms with van der Waals surface area (Å²) < 4.78 is 0. The van der Waals surface area contributed by atoms with Crippen LogP contribution < -0.4 is 10.6 Å². The van der Waals surface area contributed by atoms with Crippen molar-refractivity contribution >= 4 is 12.0 Å². The minimum Gasteiger partial charge on any atom is -0.480 e. The number of nitrogens with zero attached hydrogens (tertiary/aromatic N) is 1. The molecule has 0 bridgehead atoms. The van der Waals surface area contributed by atoms with Crippen molar-refractivity contribution in [2.75, 3.05) is 26.7 Å². The zero-order chi connectivity index (χ0) is 14.3. The molecule has 1 aliphatic rings. The summed E-state index contributed by atoms with van der Waals surface area (Å²) in [6.45, 7) is 6.16. The van der Waals surface area contributed by atoms with Crippen molar-refractivity contribution in [3.05, 3.63) is 12.7 Å². The molecule has 1 aliphatic heterocycles. The van der Waals surface area contributed by atoms with Crippen LogP contribution in [0.2, 0.25) is 0 Å². The fourth-order valence-corrected chi connectivity index (χ4v) is 2.10.